The van der Waals surface area contributed by atoms with Crippen molar-refractivity contribution >= 4 is 11.7 Å². The zero-order chi connectivity index (χ0) is 19.7. The summed E-state index contributed by atoms with van der Waals surface area (Å²) < 4.78 is 37.7. The maximum absolute atomic E-state index is 12.6. The third kappa shape index (κ3) is 4.33. The van der Waals surface area contributed by atoms with Crippen molar-refractivity contribution in [2.24, 2.45) is 5.28 Å². The first-order chi connectivity index (χ1) is 11.9. The molecule has 1 aliphatic rings. The Balaban J connectivity index is 2.04. The molecule has 0 bridgehead atoms. The Morgan fingerprint density at radius 3 is 2.54 bits per heavy atom. The van der Waals surface area contributed by atoms with Gasteiger partial charge >= 0.3 is 6.18 Å². The number of nitrogens with zero attached hydrogens (tertiary/aromatic N) is 5. The van der Waals surface area contributed by atoms with Crippen LogP contribution in [-0.2, 0) is 15.8 Å². The number of hydrazine groups is 1. The largest absolute Gasteiger partial charge is 0.417 e. The van der Waals surface area contributed by atoms with E-state index in [0.717, 1.165) is 12.1 Å². The Morgan fingerprint density at radius 1 is 1.38 bits per heavy atom. The van der Waals surface area contributed by atoms with Gasteiger partial charge in [-0.25, -0.2) is 10.2 Å². The lowest BCUT2D eigenvalue weighted by molar-refractivity contribution is -0.946. The van der Waals surface area contributed by atoms with Crippen LogP contribution in [0, 0.1) is 0 Å². The predicted octanol–water partition coefficient (Wildman–Crippen LogP) is 2.64. The summed E-state index contributed by atoms with van der Waals surface area (Å²) in [4.78, 5) is 22.8. The van der Waals surface area contributed by atoms with Gasteiger partial charge < -0.3 is 4.84 Å². The molecule has 1 amide bonds. The molecule has 2 rings (SSSR count). The van der Waals surface area contributed by atoms with Crippen molar-refractivity contribution in [2.45, 2.75) is 45.0 Å². The van der Waals surface area contributed by atoms with E-state index in [-0.39, 0.29) is 18.8 Å². The SMILES string of the molecule is CN(/[N+](O)=N/O[C@@H]1CCN(c2ccc(C(F)(F)F)cn2)C1=O)C(C)(C)C. The molecule has 0 radical (unpaired) electrons. The fourth-order valence-electron chi connectivity index (χ4n) is 2.11. The van der Waals surface area contributed by atoms with Crippen molar-refractivity contribution in [1.29, 1.82) is 0 Å². The molecule has 144 valence electrons. The summed E-state index contributed by atoms with van der Waals surface area (Å²) in [6, 6.07) is 1.99. The number of rotatable bonds is 4. The Morgan fingerprint density at radius 2 is 2.04 bits per heavy atom. The molecular weight excluding hydrogens is 355 g/mol. The summed E-state index contributed by atoms with van der Waals surface area (Å²) in [5.41, 5.74) is -1.32. The van der Waals surface area contributed by atoms with Crippen LogP contribution in [0.2, 0.25) is 0 Å². The van der Waals surface area contributed by atoms with Gasteiger partial charge in [-0.15, -0.1) is 5.01 Å². The topological polar surface area (TPSA) is 81.3 Å². The molecule has 0 aliphatic carbocycles. The van der Waals surface area contributed by atoms with Gasteiger partial charge in [-0.05, 0) is 32.9 Å². The van der Waals surface area contributed by atoms with Gasteiger partial charge in [-0.1, -0.05) is 0 Å². The lowest BCUT2D eigenvalue weighted by Crippen LogP contribution is -2.43. The first kappa shape index (κ1) is 19.7. The average molecular weight is 376 g/mol. The Hall–Kier alpha value is -2.59. The van der Waals surface area contributed by atoms with Crippen LogP contribution in [0.25, 0.3) is 0 Å². The lowest BCUT2D eigenvalue weighted by Gasteiger charge is -2.22. The highest BCUT2D eigenvalue weighted by Crippen LogP contribution is 2.30. The first-order valence-corrected chi connectivity index (χ1v) is 7.85. The zero-order valence-electron chi connectivity index (χ0n) is 14.9. The van der Waals surface area contributed by atoms with Crippen LogP contribution >= 0.6 is 0 Å². The monoisotopic (exact) mass is 376 g/mol. The Labute approximate surface area is 148 Å². The Bertz CT molecular complexity index is 685. The number of carbonyl (C=O) groups is 1. The molecule has 1 saturated heterocycles. The van der Waals surface area contributed by atoms with Crippen molar-refractivity contribution in [1.82, 2.24) is 9.99 Å². The van der Waals surface area contributed by atoms with E-state index >= 15 is 0 Å². The summed E-state index contributed by atoms with van der Waals surface area (Å²) in [5, 5.41) is 14.7. The highest BCUT2D eigenvalue weighted by Gasteiger charge is 2.38. The lowest BCUT2D eigenvalue weighted by atomic mass is 10.1. The molecule has 1 fully saturated rings. The van der Waals surface area contributed by atoms with Gasteiger partial charge in [0.05, 0.1) is 18.2 Å². The molecule has 0 saturated carbocycles. The summed E-state index contributed by atoms with van der Waals surface area (Å²) in [5.74, 6) is -0.394. The highest BCUT2D eigenvalue weighted by atomic mass is 19.4. The minimum absolute atomic E-state index is 0.0989. The van der Waals surface area contributed by atoms with Crippen LogP contribution in [0.5, 0.6) is 0 Å². The molecule has 0 spiro atoms. The van der Waals surface area contributed by atoms with Gasteiger partial charge in [0, 0.05) is 19.2 Å². The van der Waals surface area contributed by atoms with Crippen molar-refractivity contribution < 1.29 is 33.0 Å². The van der Waals surface area contributed by atoms with E-state index < -0.39 is 29.3 Å². The molecule has 26 heavy (non-hydrogen) atoms. The van der Waals surface area contributed by atoms with Crippen molar-refractivity contribution in [3.63, 3.8) is 0 Å². The maximum Gasteiger partial charge on any atom is 0.417 e. The number of hydrogen-bond acceptors (Lipinski definition) is 4. The third-order valence-corrected chi connectivity index (χ3v) is 3.99. The summed E-state index contributed by atoms with van der Waals surface area (Å²) >= 11 is 0. The van der Waals surface area contributed by atoms with Gasteiger partial charge in [-0.3, -0.25) is 9.69 Å². The molecular formula is C15H21F3N5O3+. The molecule has 1 N–H and O–H groups in total. The summed E-state index contributed by atoms with van der Waals surface area (Å²) in [6.45, 7) is 5.73. The molecule has 11 heteroatoms. The second-order valence-electron chi connectivity index (χ2n) is 6.82. The van der Waals surface area contributed by atoms with Gasteiger partial charge in [0.2, 0.25) is 6.10 Å². The normalized spacial score (nSPS) is 19.0. The summed E-state index contributed by atoms with van der Waals surface area (Å²) in [7, 11) is 1.59. The number of halogens is 3. The van der Waals surface area contributed by atoms with Gasteiger partial charge in [-0.2, -0.15) is 13.2 Å². The summed E-state index contributed by atoms with van der Waals surface area (Å²) in [6.07, 6.45) is -4.51. The van der Waals surface area contributed by atoms with Gasteiger partial charge in [0.1, 0.15) is 5.82 Å². The molecule has 1 aliphatic heterocycles. The first-order valence-electron chi connectivity index (χ1n) is 7.85. The number of aromatic nitrogens is 1. The van der Waals surface area contributed by atoms with E-state index in [0.29, 0.717) is 11.2 Å². The molecule has 8 nitrogen and oxygen atoms in total. The standard InChI is InChI=1S/C15H21F3N5O3/c1-14(2,3)21(4)23(25)20-26-11-7-8-22(13(11)24)12-6-5-10(9-19-12)15(16,17)18/h5-6,9,11H,7-8H2,1-4H3,(H,20,25)/q+1/t11-/m1/s1. The van der Waals surface area contributed by atoms with Crippen LogP contribution in [0.3, 0.4) is 0 Å². The maximum atomic E-state index is 12.6. The minimum atomic E-state index is -4.49. The quantitative estimate of drug-likeness (QED) is 0.496. The molecule has 1 atom stereocenters. The smallest absolute Gasteiger partial charge is 0.329 e. The Kier molecular flexibility index (Phi) is 5.28. The zero-order valence-corrected chi connectivity index (χ0v) is 14.9. The third-order valence-electron chi connectivity index (χ3n) is 3.99. The molecule has 0 unspecified atom stereocenters. The number of hydrogen-bond donors (Lipinski definition) is 1. The van der Waals surface area contributed by atoms with Gasteiger partial charge in [0.15, 0.2) is 0 Å². The molecule has 0 aromatic carbocycles. The van der Waals surface area contributed by atoms with E-state index in [1.807, 2.05) is 20.8 Å². The van der Waals surface area contributed by atoms with Gasteiger partial charge in [0.25, 0.3) is 16.2 Å². The highest BCUT2D eigenvalue weighted by molar-refractivity contribution is 5.97. The van der Waals surface area contributed by atoms with E-state index in [2.05, 4.69) is 10.3 Å². The fourth-order valence-corrected chi connectivity index (χ4v) is 2.11. The van der Waals surface area contributed by atoms with Crippen molar-refractivity contribution in [2.75, 3.05) is 18.5 Å². The molecule has 2 heterocycles. The minimum Gasteiger partial charge on any atom is -0.329 e. The van der Waals surface area contributed by atoms with Crippen LogP contribution in [0.1, 0.15) is 32.8 Å². The van der Waals surface area contributed by atoms with E-state index in [1.54, 1.807) is 7.05 Å². The second kappa shape index (κ2) is 6.96. The fraction of sp³-hybridized carbons (Fsp3) is 0.600. The van der Waals surface area contributed by atoms with Crippen LogP contribution < -0.4 is 4.90 Å². The molecule has 1 aromatic rings. The second-order valence-corrected chi connectivity index (χ2v) is 6.82. The van der Waals surface area contributed by atoms with E-state index in [4.69, 9.17) is 4.84 Å². The van der Waals surface area contributed by atoms with Crippen LogP contribution in [0.4, 0.5) is 19.0 Å². The predicted molar refractivity (Wildman–Crippen MR) is 83.1 cm³/mol. The average Bonchev–Trinajstić information content (AvgIpc) is 2.91. The van der Waals surface area contributed by atoms with E-state index in [9.17, 15) is 23.2 Å². The molecule has 1 aromatic heterocycles. The number of anilines is 1. The number of alkyl halides is 3. The van der Waals surface area contributed by atoms with Crippen molar-refractivity contribution in [3.05, 3.63) is 23.9 Å². The number of pyridine rings is 1. The van der Waals surface area contributed by atoms with Crippen molar-refractivity contribution in [3.8, 4) is 0 Å². The number of amides is 1. The van der Waals surface area contributed by atoms with Crippen LogP contribution in [-0.4, -0.2) is 51.3 Å². The van der Waals surface area contributed by atoms with Crippen LogP contribution in [0.15, 0.2) is 23.6 Å². The van der Waals surface area contributed by atoms with E-state index in [1.165, 1.54) is 9.91 Å². The number of carbonyl (C=O) groups excluding carboxylic acids is 1.